The first kappa shape index (κ1) is 21.3. The smallest absolute Gasteiger partial charge is 0.236 e. The summed E-state index contributed by atoms with van der Waals surface area (Å²) in [7, 11) is 0. The SMILES string of the molecule is CCC(=O)N1CCC2(CC1)CC(c1nnc(C(C)C)o1)N(CC(=O)N1CCCC1)C2. The molecule has 3 aliphatic heterocycles. The second-order valence-corrected chi connectivity index (χ2v) is 9.58. The van der Waals surface area contributed by atoms with Gasteiger partial charge >= 0.3 is 0 Å². The molecule has 1 aromatic heterocycles. The fraction of sp³-hybridized carbons (Fsp3) is 0.818. The Kier molecular flexibility index (Phi) is 6.14. The largest absolute Gasteiger partial charge is 0.423 e. The molecule has 4 rings (SSSR count). The van der Waals surface area contributed by atoms with Crippen LogP contribution in [0.5, 0.6) is 0 Å². The highest BCUT2D eigenvalue weighted by molar-refractivity contribution is 5.78. The summed E-state index contributed by atoms with van der Waals surface area (Å²) in [5.74, 6) is 1.91. The summed E-state index contributed by atoms with van der Waals surface area (Å²) >= 11 is 0. The van der Waals surface area contributed by atoms with Crippen molar-refractivity contribution in [3.8, 4) is 0 Å². The van der Waals surface area contributed by atoms with Crippen molar-refractivity contribution in [2.24, 2.45) is 5.41 Å². The van der Waals surface area contributed by atoms with Gasteiger partial charge in [0.05, 0.1) is 12.6 Å². The molecule has 1 atom stereocenters. The number of likely N-dealkylation sites (tertiary alicyclic amines) is 3. The van der Waals surface area contributed by atoms with Crippen LogP contribution in [0.25, 0.3) is 0 Å². The number of rotatable bonds is 5. The zero-order valence-corrected chi connectivity index (χ0v) is 18.6. The Morgan fingerprint density at radius 1 is 1.07 bits per heavy atom. The first-order valence-corrected chi connectivity index (χ1v) is 11.5. The van der Waals surface area contributed by atoms with Gasteiger partial charge in [0.1, 0.15) is 0 Å². The second kappa shape index (κ2) is 8.65. The lowest BCUT2D eigenvalue weighted by atomic mass is 9.76. The van der Waals surface area contributed by atoms with Gasteiger partial charge in [0.15, 0.2) is 0 Å². The van der Waals surface area contributed by atoms with Crippen molar-refractivity contribution in [3.05, 3.63) is 11.8 Å². The van der Waals surface area contributed by atoms with Gasteiger partial charge in [-0.2, -0.15) is 0 Å². The maximum absolute atomic E-state index is 12.9. The van der Waals surface area contributed by atoms with Gasteiger partial charge < -0.3 is 14.2 Å². The van der Waals surface area contributed by atoms with E-state index in [2.05, 4.69) is 15.1 Å². The van der Waals surface area contributed by atoms with Crippen LogP contribution in [0.3, 0.4) is 0 Å². The molecule has 3 saturated heterocycles. The third kappa shape index (κ3) is 4.24. The molecule has 3 aliphatic rings. The van der Waals surface area contributed by atoms with Crippen molar-refractivity contribution >= 4 is 11.8 Å². The third-order valence-electron chi connectivity index (χ3n) is 7.12. The topological polar surface area (TPSA) is 82.8 Å². The Morgan fingerprint density at radius 3 is 2.33 bits per heavy atom. The monoisotopic (exact) mass is 417 g/mol. The van der Waals surface area contributed by atoms with Gasteiger partial charge in [0.25, 0.3) is 0 Å². The predicted octanol–water partition coefficient (Wildman–Crippen LogP) is 2.58. The fourth-order valence-electron chi connectivity index (χ4n) is 5.23. The van der Waals surface area contributed by atoms with Gasteiger partial charge in [-0.3, -0.25) is 14.5 Å². The molecule has 0 radical (unpaired) electrons. The van der Waals surface area contributed by atoms with E-state index < -0.39 is 0 Å². The Labute approximate surface area is 179 Å². The molecule has 0 N–H and O–H groups in total. The van der Waals surface area contributed by atoms with Crippen LogP contribution >= 0.6 is 0 Å². The normalized spacial score (nSPS) is 24.3. The molecule has 3 fully saturated rings. The second-order valence-electron chi connectivity index (χ2n) is 9.58. The van der Waals surface area contributed by atoms with Crippen LogP contribution in [-0.2, 0) is 9.59 Å². The summed E-state index contributed by atoms with van der Waals surface area (Å²) in [6.45, 7) is 10.6. The summed E-state index contributed by atoms with van der Waals surface area (Å²) in [6.07, 6.45) is 5.60. The zero-order valence-electron chi connectivity index (χ0n) is 18.6. The molecule has 2 amide bonds. The van der Waals surface area contributed by atoms with E-state index in [0.29, 0.717) is 24.7 Å². The quantitative estimate of drug-likeness (QED) is 0.732. The summed E-state index contributed by atoms with van der Waals surface area (Å²) in [5, 5.41) is 8.60. The standard InChI is InChI=1S/C22H35N5O3/c1-4-18(28)26-11-7-22(8-12-26)13-17(21-24-23-20(30-21)16(2)3)27(15-22)14-19(29)25-9-5-6-10-25/h16-17H,4-15H2,1-3H3. The average Bonchev–Trinajstić information content (AvgIpc) is 3.48. The van der Waals surface area contributed by atoms with E-state index in [0.717, 1.165) is 64.8 Å². The predicted molar refractivity (Wildman–Crippen MR) is 112 cm³/mol. The maximum Gasteiger partial charge on any atom is 0.236 e. The van der Waals surface area contributed by atoms with Gasteiger partial charge in [-0.25, -0.2) is 0 Å². The highest BCUT2D eigenvalue weighted by Gasteiger charge is 2.48. The van der Waals surface area contributed by atoms with E-state index in [-0.39, 0.29) is 29.2 Å². The van der Waals surface area contributed by atoms with Gasteiger partial charge in [0.2, 0.25) is 23.6 Å². The third-order valence-corrected chi connectivity index (χ3v) is 7.12. The minimum Gasteiger partial charge on any atom is -0.423 e. The Hall–Kier alpha value is -1.96. The van der Waals surface area contributed by atoms with Crippen molar-refractivity contribution < 1.29 is 14.0 Å². The first-order valence-electron chi connectivity index (χ1n) is 11.5. The van der Waals surface area contributed by atoms with Crippen LogP contribution in [0.1, 0.15) is 83.0 Å². The van der Waals surface area contributed by atoms with Crippen molar-refractivity contribution in [1.29, 1.82) is 0 Å². The molecular formula is C22H35N5O3. The molecule has 0 saturated carbocycles. The molecule has 8 heteroatoms. The fourth-order valence-corrected chi connectivity index (χ4v) is 5.23. The number of carbonyl (C=O) groups excluding carboxylic acids is 2. The summed E-state index contributed by atoms with van der Waals surface area (Å²) < 4.78 is 6.02. The van der Waals surface area contributed by atoms with Gasteiger partial charge in [0, 0.05) is 45.1 Å². The number of piperidine rings is 1. The van der Waals surface area contributed by atoms with Gasteiger partial charge in [-0.1, -0.05) is 20.8 Å². The van der Waals surface area contributed by atoms with Gasteiger partial charge in [-0.15, -0.1) is 10.2 Å². The minimum atomic E-state index is -0.0232. The number of carbonyl (C=O) groups is 2. The molecule has 166 valence electrons. The number of amides is 2. The molecule has 0 bridgehead atoms. The summed E-state index contributed by atoms with van der Waals surface area (Å²) in [5.41, 5.74) is 0.104. The van der Waals surface area contributed by atoms with Crippen LogP contribution in [-0.4, -0.2) is 76.0 Å². The number of aromatic nitrogens is 2. The highest BCUT2D eigenvalue weighted by atomic mass is 16.4. The molecule has 8 nitrogen and oxygen atoms in total. The van der Waals surface area contributed by atoms with E-state index >= 15 is 0 Å². The molecule has 0 aromatic carbocycles. The molecular weight excluding hydrogens is 382 g/mol. The number of nitrogens with zero attached hydrogens (tertiary/aromatic N) is 5. The average molecular weight is 418 g/mol. The van der Waals surface area contributed by atoms with Crippen molar-refractivity contribution in [1.82, 2.24) is 24.9 Å². The van der Waals surface area contributed by atoms with E-state index in [4.69, 9.17) is 4.42 Å². The van der Waals surface area contributed by atoms with E-state index in [1.54, 1.807) is 0 Å². The zero-order chi connectivity index (χ0) is 21.3. The van der Waals surface area contributed by atoms with E-state index in [9.17, 15) is 9.59 Å². The van der Waals surface area contributed by atoms with Crippen LogP contribution < -0.4 is 0 Å². The van der Waals surface area contributed by atoms with Crippen molar-refractivity contribution in [2.75, 3.05) is 39.3 Å². The van der Waals surface area contributed by atoms with Crippen LogP contribution in [0.2, 0.25) is 0 Å². The highest BCUT2D eigenvalue weighted by Crippen LogP contribution is 2.48. The summed E-state index contributed by atoms with van der Waals surface area (Å²) in [4.78, 5) is 31.3. The van der Waals surface area contributed by atoms with Crippen LogP contribution in [0.4, 0.5) is 0 Å². The molecule has 0 aliphatic carbocycles. The Morgan fingerprint density at radius 2 is 1.73 bits per heavy atom. The lowest BCUT2D eigenvalue weighted by molar-refractivity contribution is -0.133. The molecule has 30 heavy (non-hydrogen) atoms. The lowest BCUT2D eigenvalue weighted by Gasteiger charge is -2.39. The lowest BCUT2D eigenvalue weighted by Crippen LogP contribution is -2.45. The van der Waals surface area contributed by atoms with Crippen LogP contribution in [0, 0.1) is 5.41 Å². The minimum absolute atomic E-state index is 0.0232. The van der Waals surface area contributed by atoms with E-state index in [1.165, 1.54) is 0 Å². The maximum atomic E-state index is 12.9. The molecule has 4 heterocycles. The van der Waals surface area contributed by atoms with E-state index in [1.807, 2.05) is 30.6 Å². The number of hydrogen-bond acceptors (Lipinski definition) is 6. The molecule has 1 aromatic rings. The number of hydrogen-bond donors (Lipinski definition) is 0. The molecule has 1 spiro atoms. The Bertz CT molecular complexity index is 763. The Balaban J connectivity index is 1.51. The van der Waals surface area contributed by atoms with Gasteiger partial charge in [-0.05, 0) is 37.5 Å². The molecule has 1 unspecified atom stereocenters. The van der Waals surface area contributed by atoms with Crippen LogP contribution in [0.15, 0.2) is 4.42 Å². The van der Waals surface area contributed by atoms with Crippen molar-refractivity contribution in [2.45, 2.75) is 71.3 Å². The van der Waals surface area contributed by atoms with Crippen molar-refractivity contribution in [3.63, 3.8) is 0 Å². The summed E-state index contributed by atoms with van der Waals surface area (Å²) in [6, 6.07) is -0.0232. The first-order chi connectivity index (χ1) is 14.4.